The molecule has 0 aromatic heterocycles. The number of alkyl halides is 3. The van der Waals surface area contributed by atoms with E-state index in [1.165, 1.54) is 6.07 Å². The number of nitrogens with one attached hydrogen (secondary N) is 1. The summed E-state index contributed by atoms with van der Waals surface area (Å²) in [4.78, 5) is 11.7. The standard InChI is InChI=1S/C14H16F3NO3/c1-13(2,3)21-12(19)18-10-6-8(14(15,16)17)4-5-9(10)11-7-20-11/h4-6,11H,7H2,1-3H3,(H,18,19)/t11-/m1/s1. The second-order valence-corrected chi connectivity index (χ2v) is 5.75. The molecule has 1 aromatic carbocycles. The molecule has 0 unspecified atom stereocenters. The average Bonchev–Trinajstić information content (AvgIpc) is 3.08. The van der Waals surface area contributed by atoms with Crippen molar-refractivity contribution < 1.29 is 27.4 Å². The van der Waals surface area contributed by atoms with Gasteiger partial charge in [0.05, 0.1) is 17.9 Å². The predicted molar refractivity (Wildman–Crippen MR) is 70.0 cm³/mol. The van der Waals surface area contributed by atoms with Crippen LogP contribution in [-0.4, -0.2) is 18.3 Å². The highest BCUT2D eigenvalue weighted by atomic mass is 19.4. The summed E-state index contributed by atoms with van der Waals surface area (Å²) >= 11 is 0. The van der Waals surface area contributed by atoms with Crippen LogP contribution < -0.4 is 5.32 Å². The minimum Gasteiger partial charge on any atom is -0.444 e. The number of rotatable bonds is 2. The monoisotopic (exact) mass is 303 g/mol. The van der Waals surface area contributed by atoms with Crippen LogP contribution in [0, 0.1) is 0 Å². The van der Waals surface area contributed by atoms with Crippen LogP contribution in [0.2, 0.25) is 0 Å². The molecule has 1 aromatic rings. The van der Waals surface area contributed by atoms with Gasteiger partial charge in [-0.15, -0.1) is 0 Å². The van der Waals surface area contributed by atoms with Gasteiger partial charge in [0.15, 0.2) is 0 Å². The number of carbonyl (C=O) groups excluding carboxylic acids is 1. The van der Waals surface area contributed by atoms with Crippen LogP contribution >= 0.6 is 0 Å². The Hall–Kier alpha value is -1.76. The van der Waals surface area contributed by atoms with E-state index in [2.05, 4.69) is 5.32 Å². The van der Waals surface area contributed by atoms with Crippen molar-refractivity contribution in [3.05, 3.63) is 29.3 Å². The molecule has 1 amide bonds. The number of hydrogen-bond donors (Lipinski definition) is 1. The Labute approximate surface area is 120 Å². The summed E-state index contributed by atoms with van der Waals surface area (Å²) in [5, 5.41) is 2.36. The van der Waals surface area contributed by atoms with E-state index < -0.39 is 23.4 Å². The number of ether oxygens (including phenoxy) is 2. The zero-order valence-electron chi connectivity index (χ0n) is 11.9. The molecular weight excluding hydrogens is 287 g/mol. The van der Waals surface area contributed by atoms with Crippen LogP contribution in [0.3, 0.4) is 0 Å². The smallest absolute Gasteiger partial charge is 0.416 e. The minimum atomic E-state index is -4.48. The van der Waals surface area contributed by atoms with Gasteiger partial charge < -0.3 is 9.47 Å². The normalized spacial score (nSPS) is 18.3. The van der Waals surface area contributed by atoms with E-state index in [1.807, 2.05) is 0 Å². The lowest BCUT2D eigenvalue weighted by atomic mass is 10.1. The number of benzene rings is 1. The third-order valence-electron chi connectivity index (χ3n) is 2.70. The lowest BCUT2D eigenvalue weighted by Gasteiger charge is -2.20. The molecule has 1 heterocycles. The van der Waals surface area contributed by atoms with Crippen molar-refractivity contribution in [1.82, 2.24) is 0 Å². The molecule has 1 atom stereocenters. The van der Waals surface area contributed by atoms with Crippen molar-refractivity contribution in [3.8, 4) is 0 Å². The molecule has 1 fully saturated rings. The molecule has 4 nitrogen and oxygen atoms in total. The highest BCUT2D eigenvalue weighted by molar-refractivity contribution is 5.86. The molecule has 0 spiro atoms. The van der Waals surface area contributed by atoms with Gasteiger partial charge in [-0.1, -0.05) is 6.07 Å². The fraction of sp³-hybridized carbons (Fsp3) is 0.500. The maximum atomic E-state index is 12.7. The van der Waals surface area contributed by atoms with Gasteiger partial charge in [-0.3, -0.25) is 5.32 Å². The van der Waals surface area contributed by atoms with Gasteiger partial charge in [0.2, 0.25) is 0 Å². The maximum absolute atomic E-state index is 12.7. The van der Waals surface area contributed by atoms with Crippen molar-refractivity contribution in [1.29, 1.82) is 0 Å². The molecule has 1 saturated heterocycles. The Kier molecular flexibility index (Phi) is 3.88. The Balaban J connectivity index is 2.25. The highest BCUT2D eigenvalue weighted by Crippen LogP contribution is 2.39. The SMILES string of the molecule is CC(C)(C)OC(=O)Nc1cc(C(F)(F)F)ccc1[C@H]1CO1. The molecule has 0 bridgehead atoms. The number of halogens is 3. The number of hydrogen-bond acceptors (Lipinski definition) is 3. The van der Waals surface area contributed by atoms with Crippen LogP contribution in [0.4, 0.5) is 23.7 Å². The van der Waals surface area contributed by atoms with E-state index in [0.717, 1.165) is 12.1 Å². The molecule has 116 valence electrons. The van der Waals surface area contributed by atoms with Gasteiger partial charge in [0.1, 0.15) is 11.7 Å². The molecule has 2 rings (SSSR count). The number of amides is 1. The molecule has 7 heteroatoms. The molecule has 1 N–H and O–H groups in total. The third kappa shape index (κ3) is 4.35. The Morgan fingerprint density at radius 3 is 2.43 bits per heavy atom. The van der Waals surface area contributed by atoms with Crippen LogP contribution in [0.5, 0.6) is 0 Å². The first kappa shape index (κ1) is 15.6. The second kappa shape index (κ2) is 5.22. The van der Waals surface area contributed by atoms with Crippen LogP contribution in [0.1, 0.15) is 38.0 Å². The van der Waals surface area contributed by atoms with Crippen molar-refractivity contribution in [2.75, 3.05) is 11.9 Å². The molecule has 1 aliphatic heterocycles. The molecule has 1 aliphatic rings. The molecule has 0 saturated carbocycles. The topological polar surface area (TPSA) is 50.9 Å². The van der Waals surface area contributed by atoms with Gasteiger partial charge >= 0.3 is 12.3 Å². The van der Waals surface area contributed by atoms with E-state index in [4.69, 9.17) is 9.47 Å². The van der Waals surface area contributed by atoms with E-state index in [-0.39, 0.29) is 11.8 Å². The zero-order chi connectivity index (χ0) is 15.8. The number of anilines is 1. The largest absolute Gasteiger partial charge is 0.444 e. The maximum Gasteiger partial charge on any atom is 0.416 e. The molecule has 21 heavy (non-hydrogen) atoms. The van der Waals surface area contributed by atoms with Crippen molar-refractivity contribution in [2.24, 2.45) is 0 Å². The quantitative estimate of drug-likeness (QED) is 0.836. The molecule has 0 aliphatic carbocycles. The van der Waals surface area contributed by atoms with Gasteiger partial charge in [-0.2, -0.15) is 13.2 Å². The first-order chi connectivity index (χ1) is 9.56. The van der Waals surface area contributed by atoms with E-state index in [1.54, 1.807) is 20.8 Å². The summed E-state index contributed by atoms with van der Waals surface area (Å²) in [5.41, 5.74) is -1.00. The predicted octanol–water partition coefficient (Wildman–Crippen LogP) is 4.12. The lowest BCUT2D eigenvalue weighted by molar-refractivity contribution is -0.137. The highest BCUT2D eigenvalue weighted by Gasteiger charge is 2.34. The van der Waals surface area contributed by atoms with E-state index in [0.29, 0.717) is 12.2 Å². The van der Waals surface area contributed by atoms with Gasteiger partial charge in [-0.05, 0) is 32.9 Å². The first-order valence-electron chi connectivity index (χ1n) is 6.39. The third-order valence-corrected chi connectivity index (χ3v) is 2.70. The average molecular weight is 303 g/mol. The first-order valence-corrected chi connectivity index (χ1v) is 6.39. The van der Waals surface area contributed by atoms with Crippen LogP contribution in [0.15, 0.2) is 18.2 Å². The Morgan fingerprint density at radius 1 is 1.33 bits per heavy atom. The number of carbonyl (C=O) groups is 1. The van der Waals surface area contributed by atoms with Gasteiger partial charge in [-0.25, -0.2) is 4.79 Å². The molecule has 0 radical (unpaired) electrons. The Bertz CT molecular complexity index is 545. The summed E-state index contributed by atoms with van der Waals surface area (Å²) in [7, 11) is 0. The summed E-state index contributed by atoms with van der Waals surface area (Å²) < 4.78 is 48.4. The summed E-state index contributed by atoms with van der Waals surface area (Å²) in [5.74, 6) is 0. The Morgan fingerprint density at radius 2 is 1.95 bits per heavy atom. The van der Waals surface area contributed by atoms with Gasteiger partial charge in [0, 0.05) is 5.56 Å². The zero-order valence-corrected chi connectivity index (χ0v) is 11.9. The second-order valence-electron chi connectivity index (χ2n) is 5.75. The minimum absolute atomic E-state index is 0.0570. The molecular formula is C14H16F3NO3. The van der Waals surface area contributed by atoms with Crippen LogP contribution in [0.25, 0.3) is 0 Å². The van der Waals surface area contributed by atoms with E-state index in [9.17, 15) is 18.0 Å². The fourth-order valence-electron chi connectivity index (χ4n) is 1.76. The van der Waals surface area contributed by atoms with Crippen molar-refractivity contribution in [2.45, 2.75) is 38.7 Å². The van der Waals surface area contributed by atoms with Crippen LogP contribution in [-0.2, 0) is 15.7 Å². The number of epoxide rings is 1. The lowest BCUT2D eigenvalue weighted by Crippen LogP contribution is -2.27. The summed E-state index contributed by atoms with van der Waals surface area (Å²) in [6, 6.07) is 3.17. The van der Waals surface area contributed by atoms with Gasteiger partial charge in [0.25, 0.3) is 0 Å². The fourth-order valence-corrected chi connectivity index (χ4v) is 1.76. The summed E-state index contributed by atoms with van der Waals surface area (Å²) in [6.07, 6.45) is -5.56. The van der Waals surface area contributed by atoms with E-state index >= 15 is 0 Å². The van der Waals surface area contributed by atoms with Crippen molar-refractivity contribution >= 4 is 11.8 Å². The summed E-state index contributed by atoms with van der Waals surface area (Å²) in [6.45, 7) is 5.44. The van der Waals surface area contributed by atoms with Crippen molar-refractivity contribution in [3.63, 3.8) is 0 Å².